The molecule has 5 rings (SSSR count). The number of rotatable bonds is 7. The number of nitrogens with one attached hydrogen (secondary N) is 1. The van der Waals surface area contributed by atoms with E-state index in [0.29, 0.717) is 23.8 Å². The molecule has 1 N–H and O–H groups in total. The summed E-state index contributed by atoms with van der Waals surface area (Å²) in [6.07, 6.45) is 9.90. The van der Waals surface area contributed by atoms with Gasteiger partial charge in [-0.1, -0.05) is 38.2 Å². The van der Waals surface area contributed by atoms with Gasteiger partial charge < -0.3 is 19.2 Å². The van der Waals surface area contributed by atoms with Crippen molar-refractivity contribution in [2.24, 2.45) is 11.8 Å². The monoisotopic (exact) mass is 475 g/mol. The molecular formula is C26H34ClNO5. The third-order valence-corrected chi connectivity index (χ3v) is 7.46. The number of hydrogen-bond acceptors (Lipinski definition) is 6. The SMILES string of the molecule is Cl.O=C(OC[C@H]1CCCO1)c1cc2cc(CC(=O)[C@H]3NCC[C@H]3C3CCCCC3)ccc2o1. The molecule has 2 saturated heterocycles. The first kappa shape index (κ1) is 24.2. The maximum atomic E-state index is 13.2. The van der Waals surface area contributed by atoms with E-state index in [0.717, 1.165) is 43.4 Å². The molecule has 1 aromatic heterocycles. The van der Waals surface area contributed by atoms with Gasteiger partial charge in [0.25, 0.3) is 0 Å². The number of ketones is 1. The van der Waals surface area contributed by atoms with Gasteiger partial charge in [0, 0.05) is 18.4 Å². The number of ether oxygens (including phenoxy) is 2. The molecule has 7 heteroatoms. The van der Waals surface area contributed by atoms with Crippen molar-refractivity contribution in [3.63, 3.8) is 0 Å². The minimum absolute atomic E-state index is 0. The molecule has 3 fully saturated rings. The van der Waals surface area contributed by atoms with Crippen LogP contribution in [0.5, 0.6) is 0 Å². The predicted octanol–water partition coefficient (Wildman–Crippen LogP) is 4.86. The Hall–Kier alpha value is -1.89. The molecule has 3 heterocycles. The molecule has 6 nitrogen and oxygen atoms in total. The highest BCUT2D eigenvalue weighted by atomic mass is 35.5. The average molecular weight is 476 g/mol. The Morgan fingerprint density at radius 3 is 2.67 bits per heavy atom. The Morgan fingerprint density at radius 2 is 1.88 bits per heavy atom. The van der Waals surface area contributed by atoms with Gasteiger partial charge >= 0.3 is 5.97 Å². The van der Waals surface area contributed by atoms with Gasteiger partial charge in [-0.05, 0) is 61.4 Å². The van der Waals surface area contributed by atoms with Crippen LogP contribution in [0, 0.1) is 11.8 Å². The van der Waals surface area contributed by atoms with E-state index in [1.165, 1.54) is 32.1 Å². The third-order valence-electron chi connectivity index (χ3n) is 7.46. The minimum atomic E-state index is -0.472. The van der Waals surface area contributed by atoms with Crippen molar-refractivity contribution in [2.75, 3.05) is 19.8 Å². The number of halogens is 1. The van der Waals surface area contributed by atoms with E-state index in [2.05, 4.69) is 5.32 Å². The number of furan rings is 1. The first-order valence-electron chi connectivity index (χ1n) is 12.2. The van der Waals surface area contributed by atoms with Gasteiger partial charge in [0.2, 0.25) is 5.76 Å². The van der Waals surface area contributed by atoms with Crippen LogP contribution >= 0.6 is 12.4 Å². The molecule has 0 spiro atoms. The van der Waals surface area contributed by atoms with Crippen LogP contribution in [0.25, 0.3) is 11.0 Å². The Morgan fingerprint density at radius 1 is 1.03 bits per heavy atom. The molecule has 0 unspecified atom stereocenters. The summed E-state index contributed by atoms with van der Waals surface area (Å²) in [6, 6.07) is 7.41. The third kappa shape index (κ3) is 5.61. The standard InChI is InChI=1S/C26H33NO5.ClH/c28-22(25-21(10-11-27-25)18-5-2-1-3-6-18)14-17-8-9-23-19(13-17)15-24(32-23)26(29)31-16-20-7-4-12-30-20;/h8-9,13,15,18,20-21,25,27H,1-7,10-12,14,16H2;1H/t20-,21+,25+;/m1./s1. The van der Waals surface area contributed by atoms with E-state index in [1.807, 2.05) is 18.2 Å². The second-order valence-corrected chi connectivity index (χ2v) is 9.64. The molecule has 33 heavy (non-hydrogen) atoms. The molecule has 0 bridgehead atoms. The fraction of sp³-hybridized carbons (Fsp3) is 0.615. The molecular weight excluding hydrogens is 442 g/mol. The van der Waals surface area contributed by atoms with Crippen molar-refractivity contribution < 1.29 is 23.5 Å². The summed E-state index contributed by atoms with van der Waals surface area (Å²) in [7, 11) is 0. The lowest BCUT2D eigenvalue weighted by Crippen LogP contribution is -2.40. The van der Waals surface area contributed by atoms with E-state index in [9.17, 15) is 9.59 Å². The van der Waals surface area contributed by atoms with Crippen LogP contribution in [0.2, 0.25) is 0 Å². The lowest BCUT2D eigenvalue weighted by molar-refractivity contribution is -0.121. The number of carbonyl (C=O) groups excluding carboxylic acids is 2. The molecule has 2 aromatic rings. The van der Waals surface area contributed by atoms with Crippen LogP contribution in [0.4, 0.5) is 0 Å². The van der Waals surface area contributed by atoms with Crippen LogP contribution in [-0.4, -0.2) is 43.7 Å². The molecule has 3 aliphatic rings. The number of Topliss-reactive ketones (excluding diaryl/α,β-unsaturated/α-hetero) is 1. The van der Waals surface area contributed by atoms with Crippen LogP contribution in [0.3, 0.4) is 0 Å². The first-order chi connectivity index (χ1) is 15.7. The second kappa shape index (κ2) is 11.0. The van der Waals surface area contributed by atoms with Crippen molar-refractivity contribution in [2.45, 2.75) is 69.9 Å². The van der Waals surface area contributed by atoms with Gasteiger partial charge in [0.05, 0.1) is 12.1 Å². The maximum Gasteiger partial charge on any atom is 0.374 e. The number of benzene rings is 1. The van der Waals surface area contributed by atoms with Gasteiger partial charge in [-0.25, -0.2) is 4.79 Å². The average Bonchev–Trinajstić information content (AvgIpc) is 3.58. The van der Waals surface area contributed by atoms with Gasteiger partial charge in [-0.3, -0.25) is 4.79 Å². The second-order valence-electron chi connectivity index (χ2n) is 9.64. The van der Waals surface area contributed by atoms with Gasteiger partial charge in [-0.2, -0.15) is 0 Å². The van der Waals surface area contributed by atoms with Crippen molar-refractivity contribution in [3.05, 3.63) is 35.6 Å². The number of hydrogen-bond donors (Lipinski definition) is 1. The highest BCUT2D eigenvalue weighted by Gasteiger charge is 2.37. The maximum absolute atomic E-state index is 13.2. The molecule has 0 radical (unpaired) electrons. The first-order valence-corrected chi connectivity index (χ1v) is 12.2. The van der Waals surface area contributed by atoms with Crippen molar-refractivity contribution in [1.29, 1.82) is 0 Å². The van der Waals surface area contributed by atoms with Crippen molar-refractivity contribution in [3.8, 4) is 0 Å². The highest BCUT2D eigenvalue weighted by Crippen LogP contribution is 2.36. The van der Waals surface area contributed by atoms with Crippen LogP contribution in [-0.2, 0) is 20.7 Å². The van der Waals surface area contributed by atoms with Crippen LogP contribution < -0.4 is 5.32 Å². The Balaban J connectivity index is 0.00000259. The summed E-state index contributed by atoms with van der Waals surface area (Å²) >= 11 is 0. The molecule has 3 atom stereocenters. The van der Waals surface area contributed by atoms with Crippen LogP contribution in [0.1, 0.15) is 67.5 Å². The Labute approximate surface area is 201 Å². The fourth-order valence-corrected chi connectivity index (χ4v) is 5.78. The van der Waals surface area contributed by atoms with Gasteiger partial charge in [0.1, 0.15) is 12.2 Å². The summed E-state index contributed by atoms with van der Waals surface area (Å²) < 4.78 is 16.5. The fourth-order valence-electron chi connectivity index (χ4n) is 5.78. The van der Waals surface area contributed by atoms with E-state index < -0.39 is 5.97 Å². The van der Waals surface area contributed by atoms with E-state index in [4.69, 9.17) is 13.9 Å². The summed E-state index contributed by atoms with van der Waals surface area (Å²) in [5.41, 5.74) is 1.59. The highest BCUT2D eigenvalue weighted by molar-refractivity contribution is 5.93. The smallest absolute Gasteiger partial charge is 0.374 e. The normalized spacial score (nSPS) is 25.8. The predicted molar refractivity (Wildman–Crippen MR) is 128 cm³/mol. The molecule has 0 amide bonds. The topological polar surface area (TPSA) is 77.8 Å². The quantitative estimate of drug-likeness (QED) is 0.576. The largest absolute Gasteiger partial charge is 0.457 e. The Kier molecular flexibility index (Phi) is 8.10. The van der Waals surface area contributed by atoms with E-state index in [-0.39, 0.29) is 42.7 Å². The lowest BCUT2D eigenvalue weighted by atomic mass is 9.75. The summed E-state index contributed by atoms with van der Waals surface area (Å²) in [6.45, 7) is 1.92. The van der Waals surface area contributed by atoms with Gasteiger partial charge in [-0.15, -0.1) is 12.4 Å². The Bertz CT molecular complexity index is 961. The minimum Gasteiger partial charge on any atom is -0.457 e. The van der Waals surface area contributed by atoms with Gasteiger partial charge in [0.15, 0.2) is 5.78 Å². The molecule has 1 aromatic carbocycles. The zero-order valence-electron chi connectivity index (χ0n) is 19.1. The van der Waals surface area contributed by atoms with E-state index >= 15 is 0 Å². The number of carbonyl (C=O) groups is 2. The van der Waals surface area contributed by atoms with Crippen molar-refractivity contribution >= 4 is 35.1 Å². The molecule has 2 aliphatic heterocycles. The lowest BCUT2D eigenvalue weighted by Gasteiger charge is -2.30. The molecule has 180 valence electrons. The molecule has 1 saturated carbocycles. The summed E-state index contributed by atoms with van der Waals surface area (Å²) in [5, 5.41) is 4.30. The summed E-state index contributed by atoms with van der Waals surface area (Å²) in [4.78, 5) is 25.5. The van der Waals surface area contributed by atoms with E-state index in [1.54, 1.807) is 6.07 Å². The number of esters is 1. The number of fused-ring (bicyclic) bond motifs is 1. The van der Waals surface area contributed by atoms with Crippen molar-refractivity contribution in [1.82, 2.24) is 5.32 Å². The zero-order valence-corrected chi connectivity index (χ0v) is 19.9. The summed E-state index contributed by atoms with van der Waals surface area (Å²) in [5.74, 6) is 1.16. The zero-order chi connectivity index (χ0) is 21.9. The van der Waals surface area contributed by atoms with Crippen LogP contribution in [0.15, 0.2) is 28.7 Å². The molecule has 1 aliphatic carbocycles.